The summed E-state index contributed by atoms with van der Waals surface area (Å²) in [6.45, 7) is 4.23. The number of hydrogen-bond donors (Lipinski definition) is 0. The van der Waals surface area contributed by atoms with E-state index in [1.165, 1.54) is 19.1 Å². The minimum Gasteiger partial charge on any atom is -0.493 e. The minimum atomic E-state index is -0.859. The highest BCUT2D eigenvalue weighted by molar-refractivity contribution is 5.72. The van der Waals surface area contributed by atoms with Gasteiger partial charge in [0, 0.05) is 17.2 Å². The summed E-state index contributed by atoms with van der Waals surface area (Å²) < 4.78 is 47.8. The first-order valence-corrected chi connectivity index (χ1v) is 10.1. The van der Waals surface area contributed by atoms with Crippen molar-refractivity contribution in [3.63, 3.8) is 0 Å². The molecule has 0 atom stereocenters. The molecule has 0 aliphatic rings. The summed E-state index contributed by atoms with van der Waals surface area (Å²) in [7, 11) is 0. The van der Waals surface area contributed by atoms with Gasteiger partial charge in [-0.15, -0.1) is 0 Å². The smallest absolute Gasteiger partial charge is 0.166 e. The molecule has 3 aromatic carbocycles. The Balaban J connectivity index is 1.70. The lowest BCUT2D eigenvalue weighted by atomic mass is 10.0. The standard InChI is InChI=1S/C26H25F3O/c1-3-4-5-16-30-22-14-15-23(24(27)17-22)20-11-7-19(8-12-20)9-13-21-10-6-18(2)25(28)26(21)29/h6-15,17H,3-5,16H2,1-2H3/b13-9+. The predicted octanol–water partition coefficient (Wildman–Crippen LogP) is 7.82. The second-order valence-corrected chi connectivity index (χ2v) is 7.25. The Morgan fingerprint density at radius 3 is 2.30 bits per heavy atom. The Morgan fingerprint density at radius 1 is 0.833 bits per heavy atom. The molecule has 0 bridgehead atoms. The van der Waals surface area contributed by atoms with Gasteiger partial charge in [-0.1, -0.05) is 68.3 Å². The van der Waals surface area contributed by atoms with Crippen molar-refractivity contribution in [2.45, 2.75) is 33.1 Å². The van der Waals surface area contributed by atoms with E-state index in [1.807, 2.05) is 12.1 Å². The van der Waals surface area contributed by atoms with E-state index < -0.39 is 11.6 Å². The van der Waals surface area contributed by atoms with Gasteiger partial charge in [0.15, 0.2) is 11.6 Å². The molecular formula is C26H25F3O. The van der Waals surface area contributed by atoms with Crippen LogP contribution in [0.2, 0.25) is 0 Å². The molecule has 0 fully saturated rings. The summed E-state index contributed by atoms with van der Waals surface area (Å²) in [5, 5.41) is 0. The molecule has 3 rings (SSSR count). The van der Waals surface area contributed by atoms with E-state index in [2.05, 4.69) is 6.92 Å². The number of benzene rings is 3. The second-order valence-electron chi connectivity index (χ2n) is 7.25. The van der Waals surface area contributed by atoms with Crippen molar-refractivity contribution in [3.8, 4) is 16.9 Å². The van der Waals surface area contributed by atoms with Crippen molar-refractivity contribution in [2.24, 2.45) is 0 Å². The largest absolute Gasteiger partial charge is 0.493 e. The van der Waals surface area contributed by atoms with Crippen molar-refractivity contribution in [1.29, 1.82) is 0 Å². The Hall–Kier alpha value is -3.01. The van der Waals surface area contributed by atoms with Crippen LogP contribution >= 0.6 is 0 Å². The molecule has 0 aliphatic heterocycles. The van der Waals surface area contributed by atoms with Crippen LogP contribution in [0, 0.1) is 24.4 Å². The third kappa shape index (κ3) is 5.32. The molecule has 0 saturated heterocycles. The third-order valence-electron chi connectivity index (χ3n) is 4.94. The molecule has 0 aromatic heterocycles. The van der Waals surface area contributed by atoms with Crippen LogP contribution in [0.4, 0.5) is 13.2 Å². The lowest BCUT2D eigenvalue weighted by Crippen LogP contribution is -1.97. The molecule has 0 saturated carbocycles. The van der Waals surface area contributed by atoms with Gasteiger partial charge in [-0.3, -0.25) is 0 Å². The van der Waals surface area contributed by atoms with Gasteiger partial charge in [-0.05, 0) is 42.2 Å². The van der Waals surface area contributed by atoms with Gasteiger partial charge in [-0.2, -0.15) is 0 Å². The summed E-state index contributed by atoms with van der Waals surface area (Å²) in [4.78, 5) is 0. The minimum absolute atomic E-state index is 0.183. The van der Waals surface area contributed by atoms with E-state index in [4.69, 9.17) is 4.74 Å². The van der Waals surface area contributed by atoms with Crippen LogP contribution in [-0.2, 0) is 0 Å². The Bertz CT molecular complexity index is 1020. The van der Waals surface area contributed by atoms with Gasteiger partial charge in [-0.25, -0.2) is 13.2 Å². The zero-order valence-corrected chi connectivity index (χ0v) is 17.2. The number of rotatable bonds is 8. The Kier molecular flexibility index (Phi) is 7.34. The second kappa shape index (κ2) is 10.1. The van der Waals surface area contributed by atoms with E-state index >= 15 is 0 Å². The maximum atomic E-state index is 14.5. The summed E-state index contributed by atoms with van der Waals surface area (Å²) in [6.07, 6.45) is 6.37. The molecule has 0 N–H and O–H groups in total. The maximum Gasteiger partial charge on any atom is 0.166 e. The van der Waals surface area contributed by atoms with Crippen molar-refractivity contribution in [3.05, 3.63) is 88.7 Å². The molecular weight excluding hydrogens is 385 g/mol. The predicted molar refractivity (Wildman–Crippen MR) is 117 cm³/mol. The zero-order chi connectivity index (χ0) is 21.5. The molecule has 0 spiro atoms. The van der Waals surface area contributed by atoms with E-state index in [9.17, 15) is 13.2 Å². The fourth-order valence-corrected chi connectivity index (χ4v) is 3.11. The number of halogens is 3. The van der Waals surface area contributed by atoms with Crippen LogP contribution in [0.15, 0.2) is 54.6 Å². The quantitative estimate of drug-likeness (QED) is 0.272. The number of ether oxygens (including phenoxy) is 1. The van der Waals surface area contributed by atoms with Gasteiger partial charge in [0.1, 0.15) is 11.6 Å². The number of aryl methyl sites for hydroxylation is 1. The highest BCUT2D eigenvalue weighted by atomic mass is 19.2. The first kappa shape index (κ1) is 21.7. The van der Waals surface area contributed by atoms with Gasteiger partial charge in [0.2, 0.25) is 0 Å². The van der Waals surface area contributed by atoms with E-state index in [0.29, 0.717) is 17.9 Å². The Labute approximate surface area is 175 Å². The lowest BCUT2D eigenvalue weighted by Gasteiger charge is -2.09. The normalized spacial score (nSPS) is 11.2. The molecule has 0 aliphatic carbocycles. The molecule has 3 aromatic rings. The molecule has 0 unspecified atom stereocenters. The van der Waals surface area contributed by atoms with Crippen LogP contribution in [0.3, 0.4) is 0 Å². The maximum absolute atomic E-state index is 14.5. The average Bonchev–Trinajstić information content (AvgIpc) is 2.75. The van der Waals surface area contributed by atoms with E-state index in [0.717, 1.165) is 30.4 Å². The summed E-state index contributed by atoms with van der Waals surface area (Å²) in [5.41, 5.74) is 2.47. The molecule has 0 heterocycles. The van der Waals surface area contributed by atoms with E-state index in [-0.39, 0.29) is 16.9 Å². The first-order valence-electron chi connectivity index (χ1n) is 10.1. The fourth-order valence-electron chi connectivity index (χ4n) is 3.11. The van der Waals surface area contributed by atoms with Gasteiger partial charge in [0.25, 0.3) is 0 Å². The number of unbranched alkanes of at least 4 members (excludes halogenated alkanes) is 2. The van der Waals surface area contributed by atoms with Crippen LogP contribution in [0.1, 0.15) is 42.9 Å². The van der Waals surface area contributed by atoms with Gasteiger partial charge in [0.05, 0.1) is 6.61 Å². The molecule has 0 radical (unpaired) electrons. The highest BCUT2D eigenvalue weighted by Gasteiger charge is 2.09. The van der Waals surface area contributed by atoms with Crippen LogP contribution in [-0.4, -0.2) is 6.61 Å². The fraction of sp³-hybridized carbons (Fsp3) is 0.231. The first-order chi connectivity index (χ1) is 14.5. The zero-order valence-electron chi connectivity index (χ0n) is 17.2. The molecule has 1 nitrogen and oxygen atoms in total. The SMILES string of the molecule is CCCCCOc1ccc(-c2ccc(/C=C/c3ccc(C)c(F)c3F)cc2)c(F)c1. The monoisotopic (exact) mass is 410 g/mol. The van der Waals surface area contributed by atoms with E-state index in [1.54, 1.807) is 42.5 Å². The molecule has 30 heavy (non-hydrogen) atoms. The topological polar surface area (TPSA) is 9.23 Å². The Morgan fingerprint density at radius 2 is 1.60 bits per heavy atom. The summed E-state index contributed by atoms with van der Waals surface area (Å²) >= 11 is 0. The summed E-state index contributed by atoms with van der Waals surface area (Å²) in [6, 6.07) is 15.2. The van der Waals surface area contributed by atoms with Crippen LogP contribution in [0.5, 0.6) is 5.75 Å². The summed E-state index contributed by atoms with van der Waals surface area (Å²) in [5.74, 6) is -1.51. The van der Waals surface area contributed by atoms with Gasteiger partial charge < -0.3 is 4.74 Å². The average molecular weight is 410 g/mol. The van der Waals surface area contributed by atoms with Crippen molar-refractivity contribution in [2.75, 3.05) is 6.61 Å². The molecule has 0 amide bonds. The van der Waals surface area contributed by atoms with Crippen molar-refractivity contribution < 1.29 is 17.9 Å². The van der Waals surface area contributed by atoms with Crippen LogP contribution in [0.25, 0.3) is 23.3 Å². The molecule has 4 heteroatoms. The van der Waals surface area contributed by atoms with Crippen LogP contribution < -0.4 is 4.74 Å². The lowest BCUT2D eigenvalue weighted by molar-refractivity contribution is 0.305. The molecule has 156 valence electrons. The van der Waals surface area contributed by atoms with Crippen molar-refractivity contribution in [1.82, 2.24) is 0 Å². The number of hydrogen-bond acceptors (Lipinski definition) is 1. The van der Waals surface area contributed by atoms with Gasteiger partial charge >= 0.3 is 0 Å². The van der Waals surface area contributed by atoms with Crippen molar-refractivity contribution >= 4 is 12.2 Å². The highest BCUT2D eigenvalue weighted by Crippen LogP contribution is 2.27. The third-order valence-corrected chi connectivity index (χ3v) is 4.94.